The van der Waals surface area contributed by atoms with Crippen molar-refractivity contribution < 1.29 is 26.4 Å². The van der Waals surface area contributed by atoms with Crippen molar-refractivity contribution in [2.45, 2.75) is 22.6 Å². The maximum atomic E-state index is 12.8. The highest BCUT2D eigenvalue weighted by Crippen LogP contribution is 2.23. The van der Waals surface area contributed by atoms with Crippen LogP contribution >= 0.6 is 0 Å². The van der Waals surface area contributed by atoms with Gasteiger partial charge in [-0.1, -0.05) is 6.07 Å². The Morgan fingerprint density at radius 1 is 0.844 bits per heavy atom. The number of nitrogens with one attached hydrogen (secondary N) is 1. The van der Waals surface area contributed by atoms with Gasteiger partial charge in [-0.15, -0.1) is 0 Å². The third-order valence-corrected chi connectivity index (χ3v) is 8.77. The molecule has 0 aliphatic carbocycles. The van der Waals surface area contributed by atoms with Crippen molar-refractivity contribution in [3.05, 3.63) is 54.1 Å². The number of ether oxygens (including phenoxy) is 1. The topological polar surface area (TPSA) is 113 Å². The van der Waals surface area contributed by atoms with Crippen LogP contribution in [0.3, 0.4) is 0 Å². The Balaban J connectivity index is 1.50. The highest BCUT2D eigenvalue weighted by atomic mass is 32.2. The zero-order valence-electron chi connectivity index (χ0n) is 17.4. The molecule has 2 fully saturated rings. The van der Waals surface area contributed by atoms with Crippen molar-refractivity contribution in [1.29, 1.82) is 0 Å². The van der Waals surface area contributed by atoms with Gasteiger partial charge in [0.05, 0.1) is 23.0 Å². The largest absolute Gasteiger partial charge is 0.378 e. The lowest BCUT2D eigenvalue weighted by molar-refractivity contribution is 0.0981. The first-order valence-corrected chi connectivity index (χ1v) is 13.3. The first-order valence-electron chi connectivity index (χ1n) is 10.4. The highest BCUT2D eigenvalue weighted by molar-refractivity contribution is 7.90. The van der Waals surface area contributed by atoms with Gasteiger partial charge in [-0.25, -0.2) is 21.6 Å². The number of rotatable bonds is 6. The Kier molecular flexibility index (Phi) is 6.52. The zero-order valence-corrected chi connectivity index (χ0v) is 19.1. The second-order valence-electron chi connectivity index (χ2n) is 7.67. The molecule has 172 valence electrons. The van der Waals surface area contributed by atoms with Gasteiger partial charge < -0.3 is 9.64 Å². The van der Waals surface area contributed by atoms with E-state index in [0.29, 0.717) is 26.3 Å². The molecule has 1 N–H and O–H groups in total. The van der Waals surface area contributed by atoms with Crippen molar-refractivity contribution in [1.82, 2.24) is 9.03 Å². The fourth-order valence-electron chi connectivity index (χ4n) is 3.76. The van der Waals surface area contributed by atoms with Gasteiger partial charge in [-0.05, 0) is 55.3 Å². The summed E-state index contributed by atoms with van der Waals surface area (Å²) in [4.78, 5) is 14.3. The molecule has 2 aliphatic heterocycles. The van der Waals surface area contributed by atoms with E-state index in [0.717, 1.165) is 37.7 Å². The van der Waals surface area contributed by atoms with Crippen LogP contribution in [0.2, 0.25) is 0 Å². The summed E-state index contributed by atoms with van der Waals surface area (Å²) in [5, 5.41) is 0. The molecule has 0 spiro atoms. The van der Waals surface area contributed by atoms with Crippen molar-refractivity contribution >= 4 is 31.6 Å². The van der Waals surface area contributed by atoms with Crippen LogP contribution in [0, 0.1) is 0 Å². The van der Waals surface area contributed by atoms with Crippen LogP contribution in [0.5, 0.6) is 0 Å². The third kappa shape index (κ3) is 4.80. The number of hydrogen-bond donors (Lipinski definition) is 1. The lowest BCUT2D eigenvalue weighted by Crippen LogP contribution is -2.36. The molecule has 2 aromatic rings. The van der Waals surface area contributed by atoms with Gasteiger partial charge in [0.2, 0.25) is 10.0 Å². The molecular weight excluding hydrogens is 454 g/mol. The number of amides is 1. The molecule has 2 aliphatic rings. The molecule has 1 amide bonds. The fourth-order valence-corrected chi connectivity index (χ4v) is 6.42. The van der Waals surface area contributed by atoms with E-state index in [9.17, 15) is 21.6 Å². The Morgan fingerprint density at radius 2 is 1.47 bits per heavy atom. The van der Waals surface area contributed by atoms with E-state index in [4.69, 9.17) is 4.74 Å². The lowest BCUT2D eigenvalue weighted by atomic mass is 10.2. The summed E-state index contributed by atoms with van der Waals surface area (Å²) in [6, 6.07) is 11.7. The zero-order chi connectivity index (χ0) is 22.8. The first kappa shape index (κ1) is 22.7. The molecule has 4 rings (SSSR count). The molecule has 11 heteroatoms. The van der Waals surface area contributed by atoms with Crippen LogP contribution in [0.4, 0.5) is 5.69 Å². The molecular formula is C21H25N3O6S2. The van der Waals surface area contributed by atoms with E-state index in [2.05, 4.69) is 4.90 Å². The molecule has 2 heterocycles. The molecule has 9 nitrogen and oxygen atoms in total. The summed E-state index contributed by atoms with van der Waals surface area (Å²) < 4.78 is 59.7. The van der Waals surface area contributed by atoms with E-state index in [-0.39, 0.29) is 15.4 Å². The standard InChI is InChI=1S/C21H25N3O6S2/c25-21(17-6-8-18(9-7-17)23-12-14-30-15-13-23)22-31(26,27)19-4-3-5-20(16-19)32(28,29)24-10-1-2-11-24/h3-9,16H,1-2,10-15H2,(H,22,25). The lowest BCUT2D eigenvalue weighted by Gasteiger charge is -2.28. The number of sulfonamides is 2. The summed E-state index contributed by atoms with van der Waals surface area (Å²) in [7, 11) is -8.03. The monoisotopic (exact) mass is 479 g/mol. The predicted molar refractivity (Wildman–Crippen MR) is 119 cm³/mol. The van der Waals surface area contributed by atoms with Gasteiger partial charge in [0, 0.05) is 37.4 Å². The van der Waals surface area contributed by atoms with Gasteiger partial charge in [0.1, 0.15) is 0 Å². The molecule has 0 bridgehead atoms. The summed E-state index contributed by atoms with van der Waals surface area (Å²) in [5.41, 5.74) is 1.11. The van der Waals surface area contributed by atoms with E-state index < -0.39 is 26.0 Å². The number of carbonyl (C=O) groups excluding carboxylic acids is 1. The minimum Gasteiger partial charge on any atom is -0.378 e. The summed E-state index contributed by atoms with van der Waals surface area (Å²) in [5.74, 6) is -0.786. The quantitative estimate of drug-likeness (QED) is 0.667. The summed E-state index contributed by atoms with van der Waals surface area (Å²) >= 11 is 0. The van der Waals surface area contributed by atoms with Gasteiger partial charge in [0.25, 0.3) is 15.9 Å². The second-order valence-corrected chi connectivity index (χ2v) is 11.3. The van der Waals surface area contributed by atoms with Crippen LogP contribution in [-0.4, -0.2) is 66.4 Å². The normalized spacial score (nSPS) is 17.9. The second kappa shape index (κ2) is 9.18. The van der Waals surface area contributed by atoms with Crippen molar-refractivity contribution in [2.75, 3.05) is 44.3 Å². The van der Waals surface area contributed by atoms with E-state index in [1.165, 1.54) is 22.5 Å². The third-order valence-electron chi connectivity index (χ3n) is 5.55. The smallest absolute Gasteiger partial charge is 0.264 e. The number of anilines is 1. The Labute approximate surface area is 188 Å². The van der Waals surface area contributed by atoms with Crippen molar-refractivity contribution in [2.24, 2.45) is 0 Å². The molecule has 2 aromatic carbocycles. The Bertz CT molecular complexity index is 1180. The van der Waals surface area contributed by atoms with Crippen LogP contribution < -0.4 is 9.62 Å². The Hall–Kier alpha value is -2.47. The molecule has 2 saturated heterocycles. The number of carbonyl (C=O) groups is 1. The first-order chi connectivity index (χ1) is 15.3. The van der Waals surface area contributed by atoms with Gasteiger partial charge in [0.15, 0.2) is 0 Å². The molecule has 0 radical (unpaired) electrons. The Morgan fingerprint density at radius 3 is 2.12 bits per heavy atom. The van der Waals surface area contributed by atoms with E-state index in [1.54, 1.807) is 24.3 Å². The van der Waals surface area contributed by atoms with Crippen LogP contribution in [-0.2, 0) is 24.8 Å². The molecule has 0 atom stereocenters. The predicted octanol–water partition coefficient (Wildman–Crippen LogP) is 1.43. The SMILES string of the molecule is O=C(NS(=O)(=O)c1cccc(S(=O)(=O)N2CCCC2)c1)c1ccc(N2CCOCC2)cc1. The van der Waals surface area contributed by atoms with Crippen molar-refractivity contribution in [3.8, 4) is 0 Å². The van der Waals surface area contributed by atoms with Crippen LogP contribution in [0.1, 0.15) is 23.2 Å². The number of nitrogens with zero attached hydrogens (tertiary/aromatic N) is 2. The molecule has 0 unspecified atom stereocenters. The number of morpholine rings is 1. The number of hydrogen-bond acceptors (Lipinski definition) is 7. The number of benzene rings is 2. The van der Waals surface area contributed by atoms with Gasteiger partial charge >= 0.3 is 0 Å². The van der Waals surface area contributed by atoms with Crippen LogP contribution in [0.15, 0.2) is 58.3 Å². The van der Waals surface area contributed by atoms with Gasteiger partial charge in [-0.2, -0.15) is 4.31 Å². The summed E-state index contributed by atoms with van der Waals surface area (Å²) in [6.45, 7) is 3.58. The van der Waals surface area contributed by atoms with Gasteiger partial charge in [-0.3, -0.25) is 4.79 Å². The van der Waals surface area contributed by atoms with Crippen molar-refractivity contribution in [3.63, 3.8) is 0 Å². The average Bonchev–Trinajstić information content (AvgIpc) is 3.36. The molecule has 32 heavy (non-hydrogen) atoms. The fraction of sp³-hybridized carbons (Fsp3) is 0.381. The van der Waals surface area contributed by atoms with E-state index in [1.807, 2.05) is 4.72 Å². The minimum absolute atomic E-state index is 0.107. The molecule has 0 aromatic heterocycles. The minimum atomic E-state index is -4.25. The van der Waals surface area contributed by atoms with Crippen LogP contribution in [0.25, 0.3) is 0 Å². The highest BCUT2D eigenvalue weighted by Gasteiger charge is 2.29. The molecule has 0 saturated carbocycles. The summed E-state index contributed by atoms with van der Waals surface area (Å²) in [6.07, 6.45) is 1.55. The maximum absolute atomic E-state index is 12.8. The maximum Gasteiger partial charge on any atom is 0.264 e. The average molecular weight is 480 g/mol. The van der Waals surface area contributed by atoms with E-state index >= 15 is 0 Å².